The summed E-state index contributed by atoms with van der Waals surface area (Å²) in [5.41, 5.74) is 7.97. The maximum Gasteiger partial charge on any atom is 0.248 e. The van der Waals surface area contributed by atoms with Crippen LogP contribution in [-0.2, 0) is 11.3 Å². The molecule has 1 fully saturated rings. The number of nitrogens with one attached hydrogen (secondary N) is 1. The van der Waals surface area contributed by atoms with Crippen LogP contribution in [0.2, 0.25) is 0 Å². The Hall–Kier alpha value is -3.00. The summed E-state index contributed by atoms with van der Waals surface area (Å²) in [4.78, 5) is 24.2. The van der Waals surface area contributed by atoms with Crippen molar-refractivity contribution in [3.8, 4) is 0 Å². The molecule has 0 aliphatic carbocycles. The van der Waals surface area contributed by atoms with Gasteiger partial charge in [-0.2, -0.15) is 0 Å². The third-order valence-corrected chi connectivity index (χ3v) is 4.26. The smallest absolute Gasteiger partial charge is 0.248 e. The number of rotatable bonds is 5. The van der Waals surface area contributed by atoms with E-state index < -0.39 is 5.91 Å². The fourth-order valence-corrected chi connectivity index (χ4v) is 2.97. The van der Waals surface area contributed by atoms with Crippen molar-refractivity contribution in [1.29, 1.82) is 0 Å². The van der Waals surface area contributed by atoms with Crippen LogP contribution in [0.15, 0.2) is 36.9 Å². The number of hydrogen-bond donors (Lipinski definition) is 2. The molecule has 8 heteroatoms. The van der Waals surface area contributed by atoms with E-state index in [-0.39, 0.29) is 6.10 Å². The molecule has 3 aromatic rings. The summed E-state index contributed by atoms with van der Waals surface area (Å²) in [5, 5.41) is 3.21. The van der Waals surface area contributed by atoms with Crippen molar-refractivity contribution in [3.63, 3.8) is 0 Å². The highest BCUT2D eigenvalue weighted by Gasteiger charge is 2.18. The Morgan fingerprint density at radius 1 is 1.28 bits per heavy atom. The number of aromatic nitrogens is 4. The molecule has 0 radical (unpaired) electrons. The zero-order chi connectivity index (χ0) is 17.2. The number of fused-ring (bicyclic) bond motifs is 1. The number of ether oxygens (including phenoxy) is 1. The molecule has 1 unspecified atom stereocenters. The van der Waals surface area contributed by atoms with Gasteiger partial charge in [0.2, 0.25) is 5.91 Å². The van der Waals surface area contributed by atoms with Crippen LogP contribution in [0.1, 0.15) is 23.2 Å². The van der Waals surface area contributed by atoms with Gasteiger partial charge in [0.1, 0.15) is 6.33 Å². The second-order valence-electron chi connectivity index (χ2n) is 5.99. The second kappa shape index (κ2) is 6.48. The first-order chi connectivity index (χ1) is 12.2. The van der Waals surface area contributed by atoms with E-state index in [9.17, 15) is 4.79 Å². The number of nitrogens with zero attached hydrogens (tertiary/aromatic N) is 4. The van der Waals surface area contributed by atoms with E-state index in [0.717, 1.165) is 37.3 Å². The monoisotopic (exact) mass is 338 g/mol. The van der Waals surface area contributed by atoms with E-state index in [1.165, 1.54) is 6.33 Å². The van der Waals surface area contributed by atoms with E-state index in [4.69, 9.17) is 10.5 Å². The molecule has 2 aromatic heterocycles. The molecule has 8 nitrogen and oxygen atoms in total. The zero-order valence-corrected chi connectivity index (χ0v) is 13.6. The molecule has 1 aliphatic rings. The number of primary amides is 1. The predicted octanol–water partition coefficient (Wildman–Crippen LogP) is 1.85. The number of carbonyl (C=O) groups excluding carboxylic acids is 1. The Labute approximate surface area is 144 Å². The first-order valence-corrected chi connectivity index (χ1v) is 8.15. The van der Waals surface area contributed by atoms with Crippen LogP contribution in [0, 0.1) is 0 Å². The Morgan fingerprint density at radius 2 is 2.12 bits per heavy atom. The molecule has 25 heavy (non-hydrogen) atoms. The van der Waals surface area contributed by atoms with Crippen LogP contribution in [-0.4, -0.2) is 38.1 Å². The highest BCUT2D eigenvalue weighted by Crippen LogP contribution is 2.23. The SMILES string of the molecule is NC(=O)c1ccc(Nc2ncnc3c2ncn3CC2CCCO2)cc1. The van der Waals surface area contributed by atoms with Gasteiger partial charge in [-0.1, -0.05) is 0 Å². The summed E-state index contributed by atoms with van der Waals surface area (Å²) < 4.78 is 7.68. The molecule has 3 N–H and O–H groups in total. The van der Waals surface area contributed by atoms with Crippen molar-refractivity contribution in [1.82, 2.24) is 19.5 Å². The lowest BCUT2D eigenvalue weighted by atomic mass is 10.2. The zero-order valence-electron chi connectivity index (χ0n) is 13.6. The van der Waals surface area contributed by atoms with E-state index in [1.807, 2.05) is 4.57 Å². The standard InChI is InChI=1S/C17H18N6O2/c18-15(24)11-3-5-12(6-4-11)22-16-14-17(20-9-19-16)23(10-21-14)8-13-2-1-7-25-13/h3-6,9-10,13H,1-2,7-8H2,(H2,18,24)(H,19,20,22). The summed E-state index contributed by atoms with van der Waals surface area (Å²) >= 11 is 0. The number of amides is 1. The van der Waals surface area contributed by atoms with Gasteiger partial charge in [0.25, 0.3) is 0 Å². The van der Waals surface area contributed by atoms with Crippen LogP contribution >= 0.6 is 0 Å². The van der Waals surface area contributed by atoms with Crippen LogP contribution in [0.25, 0.3) is 11.2 Å². The molecule has 0 spiro atoms. The number of benzene rings is 1. The molecular formula is C17H18N6O2. The molecule has 128 valence electrons. The second-order valence-corrected chi connectivity index (χ2v) is 5.99. The average Bonchev–Trinajstić information content (AvgIpc) is 3.27. The van der Waals surface area contributed by atoms with E-state index in [2.05, 4.69) is 20.3 Å². The Kier molecular flexibility index (Phi) is 4.02. The molecule has 1 atom stereocenters. The fraction of sp³-hybridized carbons (Fsp3) is 0.294. The van der Waals surface area contributed by atoms with E-state index in [1.54, 1.807) is 30.6 Å². The fourth-order valence-electron chi connectivity index (χ4n) is 2.97. The summed E-state index contributed by atoms with van der Waals surface area (Å²) in [6.07, 6.45) is 5.64. The highest BCUT2D eigenvalue weighted by molar-refractivity contribution is 5.93. The minimum atomic E-state index is -0.455. The molecule has 1 aliphatic heterocycles. The van der Waals surface area contributed by atoms with Gasteiger partial charge in [0.05, 0.1) is 19.0 Å². The number of imidazole rings is 1. The third kappa shape index (κ3) is 3.16. The number of hydrogen-bond acceptors (Lipinski definition) is 6. The van der Waals surface area contributed by atoms with Crippen molar-refractivity contribution in [2.45, 2.75) is 25.5 Å². The lowest BCUT2D eigenvalue weighted by molar-refractivity contribution is 0.0977. The third-order valence-electron chi connectivity index (χ3n) is 4.26. The van der Waals surface area contributed by atoms with E-state index >= 15 is 0 Å². The molecule has 1 saturated heterocycles. The van der Waals surface area contributed by atoms with E-state index in [0.29, 0.717) is 16.9 Å². The van der Waals surface area contributed by atoms with Gasteiger partial charge in [-0.3, -0.25) is 4.79 Å². The molecule has 0 bridgehead atoms. The molecule has 4 rings (SSSR count). The first kappa shape index (κ1) is 15.5. The highest BCUT2D eigenvalue weighted by atomic mass is 16.5. The van der Waals surface area contributed by atoms with Crippen molar-refractivity contribution in [2.24, 2.45) is 5.73 Å². The van der Waals surface area contributed by atoms with Crippen molar-refractivity contribution in [2.75, 3.05) is 11.9 Å². The summed E-state index contributed by atoms with van der Waals surface area (Å²) in [7, 11) is 0. The normalized spacial score (nSPS) is 17.0. The topological polar surface area (TPSA) is 108 Å². The summed E-state index contributed by atoms with van der Waals surface area (Å²) in [5.74, 6) is 0.159. The van der Waals surface area contributed by atoms with Crippen molar-refractivity contribution in [3.05, 3.63) is 42.5 Å². The summed E-state index contributed by atoms with van der Waals surface area (Å²) in [6.45, 7) is 1.56. The van der Waals surface area contributed by atoms with Gasteiger partial charge in [-0.15, -0.1) is 0 Å². The Morgan fingerprint density at radius 3 is 2.84 bits per heavy atom. The summed E-state index contributed by atoms with van der Waals surface area (Å²) in [6, 6.07) is 6.88. The lowest BCUT2D eigenvalue weighted by Crippen LogP contribution is -2.14. The molecule has 3 heterocycles. The minimum Gasteiger partial charge on any atom is -0.376 e. The molecule has 1 aromatic carbocycles. The van der Waals surface area contributed by atoms with Gasteiger partial charge in [0, 0.05) is 17.9 Å². The van der Waals surface area contributed by atoms with Gasteiger partial charge < -0.3 is 20.4 Å². The van der Waals surface area contributed by atoms with Gasteiger partial charge in [-0.05, 0) is 37.1 Å². The minimum absolute atomic E-state index is 0.213. The first-order valence-electron chi connectivity index (χ1n) is 8.15. The van der Waals surface area contributed by atoms with Crippen LogP contribution < -0.4 is 11.1 Å². The van der Waals surface area contributed by atoms with Crippen LogP contribution in [0.5, 0.6) is 0 Å². The maximum absolute atomic E-state index is 11.1. The van der Waals surface area contributed by atoms with Crippen molar-refractivity contribution >= 4 is 28.6 Å². The maximum atomic E-state index is 11.1. The largest absolute Gasteiger partial charge is 0.376 e. The molecular weight excluding hydrogens is 320 g/mol. The van der Waals surface area contributed by atoms with Crippen molar-refractivity contribution < 1.29 is 9.53 Å². The van der Waals surface area contributed by atoms with Gasteiger partial charge >= 0.3 is 0 Å². The van der Waals surface area contributed by atoms with Gasteiger partial charge in [0.15, 0.2) is 17.0 Å². The quantitative estimate of drug-likeness (QED) is 0.735. The van der Waals surface area contributed by atoms with Gasteiger partial charge in [-0.25, -0.2) is 15.0 Å². The molecule has 1 amide bonds. The number of nitrogens with two attached hydrogens (primary N) is 1. The number of carbonyl (C=O) groups is 1. The van der Waals surface area contributed by atoms with Crippen LogP contribution in [0.3, 0.4) is 0 Å². The van der Waals surface area contributed by atoms with Crippen LogP contribution in [0.4, 0.5) is 11.5 Å². The lowest BCUT2D eigenvalue weighted by Gasteiger charge is -2.10. The Balaban J connectivity index is 1.59. The number of anilines is 2. The Bertz CT molecular complexity index is 899. The molecule has 0 saturated carbocycles. The predicted molar refractivity (Wildman–Crippen MR) is 92.5 cm³/mol. The average molecular weight is 338 g/mol.